The van der Waals surface area contributed by atoms with Crippen LogP contribution in [-0.2, 0) is 6.42 Å². The summed E-state index contributed by atoms with van der Waals surface area (Å²) in [5.74, 6) is -0.533. The predicted octanol–water partition coefficient (Wildman–Crippen LogP) is 5.09. The third kappa shape index (κ3) is 4.29. The van der Waals surface area contributed by atoms with Crippen molar-refractivity contribution in [3.63, 3.8) is 0 Å². The van der Waals surface area contributed by atoms with E-state index in [-0.39, 0.29) is 11.7 Å². The van der Waals surface area contributed by atoms with E-state index in [0.29, 0.717) is 16.8 Å². The van der Waals surface area contributed by atoms with E-state index in [1.165, 1.54) is 23.9 Å². The number of carbonyl (C=O) groups excluding carboxylic acids is 1. The van der Waals surface area contributed by atoms with Gasteiger partial charge in [0.2, 0.25) is 0 Å². The topological polar surface area (TPSA) is 42.0 Å². The van der Waals surface area contributed by atoms with Crippen LogP contribution in [0, 0.1) is 5.82 Å². The number of anilines is 1. The Bertz CT molecular complexity index is 858. The van der Waals surface area contributed by atoms with Crippen LogP contribution < -0.4 is 5.32 Å². The quantitative estimate of drug-likeness (QED) is 0.706. The van der Waals surface area contributed by atoms with Gasteiger partial charge >= 0.3 is 0 Å². The van der Waals surface area contributed by atoms with Gasteiger partial charge in [0.25, 0.3) is 5.91 Å². The van der Waals surface area contributed by atoms with Crippen LogP contribution in [-0.4, -0.2) is 10.9 Å². The standard InChI is InChI=1S/C21H19FN2O/c1-2-4-15-7-10-19(11-8-15)24-21(25)17-9-12-20(23-14-17)16-5-3-6-18(22)13-16/h3,5-14H,2,4H2,1H3,(H,24,25). The van der Waals surface area contributed by atoms with Crippen LogP contribution >= 0.6 is 0 Å². The van der Waals surface area contributed by atoms with Gasteiger partial charge in [0, 0.05) is 17.4 Å². The molecule has 3 nitrogen and oxygen atoms in total. The largest absolute Gasteiger partial charge is 0.322 e. The molecule has 1 N–H and O–H groups in total. The molecule has 1 amide bonds. The monoisotopic (exact) mass is 334 g/mol. The minimum Gasteiger partial charge on any atom is -0.322 e. The number of aromatic nitrogens is 1. The number of halogens is 1. The van der Waals surface area contributed by atoms with E-state index in [1.54, 1.807) is 24.3 Å². The maximum atomic E-state index is 13.3. The number of pyridine rings is 1. The lowest BCUT2D eigenvalue weighted by atomic mass is 10.1. The Morgan fingerprint density at radius 2 is 1.88 bits per heavy atom. The Hall–Kier alpha value is -3.01. The molecule has 126 valence electrons. The number of aryl methyl sites for hydroxylation is 1. The number of nitrogens with one attached hydrogen (secondary N) is 1. The van der Waals surface area contributed by atoms with Crippen molar-refractivity contribution in [3.05, 3.63) is 83.8 Å². The van der Waals surface area contributed by atoms with Gasteiger partial charge in [-0.05, 0) is 48.4 Å². The summed E-state index contributed by atoms with van der Waals surface area (Å²) >= 11 is 0. The number of hydrogen-bond acceptors (Lipinski definition) is 2. The van der Waals surface area contributed by atoms with Crippen molar-refractivity contribution < 1.29 is 9.18 Å². The molecule has 1 heterocycles. The highest BCUT2D eigenvalue weighted by molar-refractivity contribution is 6.04. The van der Waals surface area contributed by atoms with Gasteiger partial charge in [-0.1, -0.05) is 37.6 Å². The third-order valence-electron chi connectivity index (χ3n) is 3.90. The zero-order chi connectivity index (χ0) is 17.6. The molecular formula is C21H19FN2O. The van der Waals surface area contributed by atoms with Crippen LogP contribution in [0.1, 0.15) is 29.3 Å². The molecule has 0 aliphatic heterocycles. The van der Waals surface area contributed by atoms with E-state index in [9.17, 15) is 9.18 Å². The molecule has 0 spiro atoms. The molecule has 25 heavy (non-hydrogen) atoms. The predicted molar refractivity (Wildman–Crippen MR) is 98.0 cm³/mol. The van der Waals surface area contributed by atoms with Crippen molar-refractivity contribution in [1.82, 2.24) is 4.98 Å². The number of amides is 1. The summed E-state index contributed by atoms with van der Waals surface area (Å²) in [4.78, 5) is 16.6. The summed E-state index contributed by atoms with van der Waals surface area (Å²) < 4.78 is 13.3. The SMILES string of the molecule is CCCc1ccc(NC(=O)c2ccc(-c3cccc(F)c3)nc2)cc1. The number of benzene rings is 2. The molecule has 0 unspecified atom stereocenters. The maximum Gasteiger partial charge on any atom is 0.257 e. The van der Waals surface area contributed by atoms with E-state index in [1.807, 2.05) is 24.3 Å². The Labute approximate surface area is 146 Å². The zero-order valence-electron chi connectivity index (χ0n) is 14.0. The first-order valence-corrected chi connectivity index (χ1v) is 8.28. The molecule has 1 aromatic heterocycles. The molecule has 0 radical (unpaired) electrons. The van der Waals surface area contributed by atoms with Crippen LogP contribution in [0.5, 0.6) is 0 Å². The van der Waals surface area contributed by atoms with Crippen LogP contribution in [0.25, 0.3) is 11.3 Å². The van der Waals surface area contributed by atoms with Crippen molar-refractivity contribution in [1.29, 1.82) is 0 Å². The first kappa shape index (κ1) is 16.8. The highest BCUT2D eigenvalue weighted by Crippen LogP contribution is 2.18. The van der Waals surface area contributed by atoms with Crippen molar-refractivity contribution in [2.75, 3.05) is 5.32 Å². The molecule has 4 heteroatoms. The van der Waals surface area contributed by atoms with Crippen LogP contribution in [0.4, 0.5) is 10.1 Å². The Morgan fingerprint density at radius 1 is 1.08 bits per heavy atom. The van der Waals surface area contributed by atoms with E-state index in [4.69, 9.17) is 0 Å². The van der Waals surface area contributed by atoms with Crippen molar-refractivity contribution in [3.8, 4) is 11.3 Å². The lowest BCUT2D eigenvalue weighted by Gasteiger charge is -2.07. The average molecular weight is 334 g/mol. The highest BCUT2D eigenvalue weighted by Gasteiger charge is 2.08. The summed E-state index contributed by atoms with van der Waals surface area (Å²) in [6.07, 6.45) is 3.62. The highest BCUT2D eigenvalue weighted by atomic mass is 19.1. The molecular weight excluding hydrogens is 315 g/mol. The molecule has 0 fully saturated rings. The van der Waals surface area contributed by atoms with E-state index < -0.39 is 0 Å². The Kier molecular flexibility index (Phi) is 5.19. The number of carbonyl (C=O) groups is 1. The van der Waals surface area contributed by atoms with E-state index in [2.05, 4.69) is 17.2 Å². The second-order valence-corrected chi connectivity index (χ2v) is 5.84. The molecule has 0 atom stereocenters. The lowest BCUT2D eigenvalue weighted by Crippen LogP contribution is -2.12. The van der Waals surface area contributed by atoms with Gasteiger partial charge in [0.1, 0.15) is 5.82 Å². The zero-order valence-corrected chi connectivity index (χ0v) is 14.0. The number of hydrogen-bond donors (Lipinski definition) is 1. The van der Waals surface area contributed by atoms with Crippen molar-refractivity contribution in [2.24, 2.45) is 0 Å². The lowest BCUT2D eigenvalue weighted by molar-refractivity contribution is 0.102. The molecule has 3 rings (SSSR count). The first-order chi connectivity index (χ1) is 12.2. The fraction of sp³-hybridized carbons (Fsp3) is 0.143. The van der Waals surface area contributed by atoms with Gasteiger partial charge in [-0.3, -0.25) is 9.78 Å². The first-order valence-electron chi connectivity index (χ1n) is 8.28. The summed E-state index contributed by atoms with van der Waals surface area (Å²) in [5, 5.41) is 2.86. The summed E-state index contributed by atoms with van der Waals surface area (Å²) in [7, 11) is 0. The van der Waals surface area contributed by atoms with Gasteiger partial charge in [-0.15, -0.1) is 0 Å². The van der Waals surface area contributed by atoms with Crippen molar-refractivity contribution >= 4 is 11.6 Å². The molecule has 0 saturated carbocycles. The van der Waals surface area contributed by atoms with E-state index in [0.717, 1.165) is 18.5 Å². The minimum atomic E-state index is -0.312. The molecule has 3 aromatic rings. The Morgan fingerprint density at radius 3 is 2.52 bits per heavy atom. The summed E-state index contributed by atoms with van der Waals surface area (Å²) in [5.41, 5.74) is 3.76. The van der Waals surface area contributed by atoms with Gasteiger partial charge < -0.3 is 5.32 Å². The minimum absolute atomic E-state index is 0.221. The number of nitrogens with zero attached hydrogens (tertiary/aromatic N) is 1. The average Bonchev–Trinajstić information content (AvgIpc) is 2.64. The number of rotatable bonds is 5. The van der Waals surface area contributed by atoms with Gasteiger partial charge in [-0.2, -0.15) is 0 Å². The van der Waals surface area contributed by atoms with Crippen LogP contribution in [0.2, 0.25) is 0 Å². The summed E-state index contributed by atoms with van der Waals surface area (Å²) in [6.45, 7) is 2.14. The van der Waals surface area contributed by atoms with Crippen LogP contribution in [0.3, 0.4) is 0 Å². The fourth-order valence-electron chi connectivity index (χ4n) is 2.59. The summed E-state index contributed by atoms with van der Waals surface area (Å²) in [6, 6.07) is 17.5. The van der Waals surface area contributed by atoms with Gasteiger partial charge in [0.15, 0.2) is 0 Å². The molecule has 0 aliphatic carbocycles. The van der Waals surface area contributed by atoms with E-state index >= 15 is 0 Å². The molecule has 0 bridgehead atoms. The third-order valence-corrected chi connectivity index (χ3v) is 3.90. The van der Waals surface area contributed by atoms with Crippen LogP contribution in [0.15, 0.2) is 66.9 Å². The maximum absolute atomic E-state index is 13.3. The normalized spacial score (nSPS) is 10.5. The molecule has 2 aromatic carbocycles. The Balaban J connectivity index is 1.70. The second kappa shape index (κ2) is 7.71. The molecule has 0 aliphatic rings. The fourth-order valence-corrected chi connectivity index (χ4v) is 2.59. The van der Waals surface area contributed by atoms with Gasteiger partial charge in [0.05, 0.1) is 11.3 Å². The molecule has 0 saturated heterocycles. The van der Waals surface area contributed by atoms with Gasteiger partial charge in [-0.25, -0.2) is 4.39 Å². The smallest absolute Gasteiger partial charge is 0.257 e. The van der Waals surface area contributed by atoms with Crippen molar-refractivity contribution in [2.45, 2.75) is 19.8 Å². The second-order valence-electron chi connectivity index (χ2n) is 5.84.